The molecular formula is C23H29IN2O3. The first kappa shape index (κ1) is 23.2. The van der Waals surface area contributed by atoms with Crippen molar-refractivity contribution >= 4 is 22.6 Å². The Balaban J connectivity index is 0.00000300. The molecule has 0 aliphatic heterocycles. The van der Waals surface area contributed by atoms with Gasteiger partial charge in [-0.1, -0.05) is 0 Å². The number of ether oxygens (including phenoxy) is 2. The smallest absolute Gasteiger partial charge is 0.338 e. The molecule has 2 aromatic carbocycles. The van der Waals surface area contributed by atoms with Gasteiger partial charge in [0.1, 0.15) is 11.4 Å². The summed E-state index contributed by atoms with van der Waals surface area (Å²) in [5, 5.41) is 1.17. The van der Waals surface area contributed by atoms with E-state index >= 15 is 0 Å². The number of esters is 1. The number of carbonyl (C=O) groups is 1. The maximum Gasteiger partial charge on any atom is 0.338 e. The number of nitrogens with zero attached hydrogens (tertiary/aromatic N) is 2. The van der Waals surface area contributed by atoms with Crippen molar-refractivity contribution in [3.8, 4) is 5.75 Å². The van der Waals surface area contributed by atoms with Crippen LogP contribution in [-0.2, 0) is 11.3 Å². The van der Waals surface area contributed by atoms with Gasteiger partial charge in [0.15, 0.2) is 0 Å². The van der Waals surface area contributed by atoms with E-state index in [9.17, 15) is 4.79 Å². The van der Waals surface area contributed by atoms with Gasteiger partial charge in [-0.3, -0.25) is 4.48 Å². The average Bonchev–Trinajstić information content (AvgIpc) is 3.09. The van der Waals surface area contributed by atoms with E-state index in [1.165, 1.54) is 10.9 Å². The first-order valence-electron chi connectivity index (χ1n) is 9.60. The van der Waals surface area contributed by atoms with E-state index in [0.717, 1.165) is 35.3 Å². The summed E-state index contributed by atoms with van der Waals surface area (Å²) >= 11 is 0. The SMILES string of the molecule is COc1ccc2c(ccn2CCCCOC(=O)c2ccc([N+](C)(C)C)cc2)c1.[I-]. The maximum absolute atomic E-state index is 12.2. The first-order valence-corrected chi connectivity index (χ1v) is 9.60. The van der Waals surface area contributed by atoms with Crippen LogP contribution in [0.15, 0.2) is 54.7 Å². The molecule has 6 heteroatoms. The molecule has 0 radical (unpaired) electrons. The first-order chi connectivity index (χ1) is 13.4. The van der Waals surface area contributed by atoms with Crippen LogP contribution in [0.1, 0.15) is 23.2 Å². The highest BCUT2D eigenvalue weighted by atomic mass is 127. The Morgan fingerprint density at radius 1 is 1.00 bits per heavy atom. The number of carbonyl (C=O) groups excluding carboxylic acids is 1. The van der Waals surface area contributed by atoms with Gasteiger partial charge in [-0.2, -0.15) is 0 Å². The number of methoxy groups -OCH3 is 1. The summed E-state index contributed by atoms with van der Waals surface area (Å²) in [6.45, 7) is 1.33. The minimum absolute atomic E-state index is 0. The lowest BCUT2D eigenvalue weighted by atomic mass is 10.2. The minimum atomic E-state index is -0.258. The van der Waals surface area contributed by atoms with Crippen LogP contribution < -0.4 is 33.2 Å². The van der Waals surface area contributed by atoms with Gasteiger partial charge in [-0.25, -0.2) is 4.79 Å². The highest BCUT2D eigenvalue weighted by molar-refractivity contribution is 5.89. The highest BCUT2D eigenvalue weighted by Crippen LogP contribution is 2.22. The molecule has 3 rings (SSSR count). The van der Waals surface area contributed by atoms with Crippen LogP contribution in [0.25, 0.3) is 10.9 Å². The number of rotatable bonds is 8. The molecule has 0 unspecified atom stereocenters. The standard InChI is InChI=1S/C23H29N2O3.HI/c1-25(2,3)20-9-7-18(8-10-20)23(26)28-16-6-5-14-24-15-13-19-17-21(27-4)11-12-22(19)24;/h7-13,15,17H,5-6,14,16H2,1-4H3;1H/q+1;/p-1. The quantitative estimate of drug-likeness (QED) is 0.201. The third kappa shape index (κ3) is 5.96. The van der Waals surface area contributed by atoms with Gasteiger partial charge in [0.05, 0.1) is 40.4 Å². The van der Waals surface area contributed by atoms with E-state index in [4.69, 9.17) is 9.47 Å². The third-order valence-electron chi connectivity index (χ3n) is 4.88. The summed E-state index contributed by atoms with van der Waals surface area (Å²) in [6.07, 6.45) is 3.87. The number of hydrogen-bond acceptors (Lipinski definition) is 3. The molecule has 3 aromatic rings. The van der Waals surface area contributed by atoms with E-state index in [-0.39, 0.29) is 29.9 Å². The second kappa shape index (κ2) is 10.1. The van der Waals surface area contributed by atoms with Gasteiger partial charge in [0.25, 0.3) is 0 Å². The largest absolute Gasteiger partial charge is 1.00 e. The van der Waals surface area contributed by atoms with Crippen molar-refractivity contribution < 1.29 is 38.2 Å². The lowest BCUT2D eigenvalue weighted by molar-refractivity contribution is -0.0000245. The Bertz CT molecular complexity index is 943. The fourth-order valence-electron chi connectivity index (χ4n) is 3.18. The molecule has 0 saturated heterocycles. The maximum atomic E-state index is 12.2. The minimum Gasteiger partial charge on any atom is -1.00 e. The van der Waals surface area contributed by atoms with E-state index in [1.807, 2.05) is 36.4 Å². The number of benzene rings is 2. The van der Waals surface area contributed by atoms with Gasteiger partial charge < -0.3 is 38.0 Å². The highest BCUT2D eigenvalue weighted by Gasteiger charge is 2.13. The molecule has 156 valence electrons. The summed E-state index contributed by atoms with van der Waals surface area (Å²) in [5.74, 6) is 0.609. The summed E-state index contributed by atoms with van der Waals surface area (Å²) in [4.78, 5) is 12.2. The van der Waals surface area contributed by atoms with Crippen LogP contribution in [0.2, 0.25) is 0 Å². The number of quaternary nitrogens is 1. The molecule has 0 atom stereocenters. The Morgan fingerprint density at radius 2 is 1.72 bits per heavy atom. The molecule has 1 aromatic heterocycles. The molecule has 0 bridgehead atoms. The van der Waals surface area contributed by atoms with Gasteiger partial charge >= 0.3 is 5.97 Å². The van der Waals surface area contributed by atoms with Gasteiger partial charge in [-0.15, -0.1) is 0 Å². The Hall–Kier alpha value is -2.06. The fraction of sp³-hybridized carbons (Fsp3) is 0.348. The molecule has 0 spiro atoms. The fourth-order valence-corrected chi connectivity index (χ4v) is 3.18. The Labute approximate surface area is 189 Å². The van der Waals surface area contributed by atoms with Crippen molar-refractivity contribution in [2.24, 2.45) is 0 Å². The van der Waals surface area contributed by atoms with E-state index in [0.29, 0.717) is 12.2 Å². The molecule has 5 nitrogen and oxygen atoms in total. The summed E-state index contributed by atoms with van der Waals surface area (Å²) in [7, 11) is 7.96. The molecular weight excluding hydrogens is 479 g/mol. The van der Waals surface area contributed by atoms with Crippen molar-refractivity contribution in [1.82, 2.24) is 9.05 Å². The summed E-state index contributed by atoms with van der Waals surface area (Å²) in [6, 6.07) is 15.8. The molecule has 0 amide bonds. The van der Waals surface area contributed by atoms with Crippen LogP contribution in [-0.4, -0.2) is 45.4 Å². The molecule has 0 saturated carbocycles. The topological polar surface area (TPSA) is 40.5 Å². The third-order valence-corrected chi connectivity index (χ3v) is 4.88. The lowest BCUT2D eigenvalue weighted by Gasteiger charge is -2.23. The molecule has 0 fully saturated rings. The van der Waals surface area contributed by atoms with Crippen molar-refractivity contribution in [2.45, 2.75) is 19.4 Å². The number of halogens is 1. The Kier molecular flexibility index (Phi) is 8.10. The molecule has 29 heavy (non-hydrogen) atoms. The van der Waals surface area contributed by atoms with Crippen LogP contribution in [0, 0.1) is 0 Å². The van der Waals surface area contributed by atoms with Crippen LogP contribution in [0.3, 0.4) is 0 Å². The molecule has 0 aliphatic carbocycles. The van der Waals surface area contributed by atoms with Gasteiger partial charge in [-0.05, 0) is 61.4 Å². The van der Waals surface area contributed by atoms with Crippen molar-refractivity contribution in [3.63, 3.8) is 0 Å². The number of aromatic nitrogens is 1. The van der Waals surface area contributed by atoms with Crippen LogP contribution in [0.4, 0.5) is 5.69 Å². The number of hydrogen-bond donors (Lipinski definition) is 0. The predicted molar refractivity (Wildman–Crippen MR) is 114 cm³/mol. The van der Waals surface area contributed by atoms with Crippen LogP contribution in [0.5, 0.6) is 5.75 Å². The second-order valence-electron chi connectivity index (χ2n) is 7.84. The van der Waals surface area contributed by atoms with Gasteiger partial charge in [0, 0.05) is 23.6 Å². The normalized spacial score (nSPS) is 11.2. The number of unbranched alkanes of at least 4 members (excludes halogenated alkanes) is 1. The van der Waals surface area contributed by atoms with E-state index < -0.39 is 0 Å². The average molecular weight is 508 g/mol. The number of fused-ring (bicyclic) bond motifs is 1. The summed E-state index contributed by atoms with van der Waals surface area (Å²) < 4.78 is 13.6. The molecule has 0 N–H and O–H groups in total. The zero-order chi connectivity index (χ0) is 20.1. The zero-order valence-corrected chi connectivity index (χ0v) is 19.7. The number of aryl methyl sites for hydroxylation is 1. The summed E-state index contributed by atoms with van der Waals surface area (Å²) in [5.41, 5.74) is 2.94. The van der Waals surface area contributed by atoms with Gasteiger partial charge in [0.2, 0.25) is 0 Å². The monoisotopic (exact) mass is 508 g/mol. The van der Waals surface area contributed by atoms with Crippen molar-refractivity contribution in [1.29, 1.82) is 0 Å². The second-order valence-corrected chi connectivity index (χ2v) is 7.84. The predicted octanol–water partition coefficient (Wildman–Crippen LogP) is 1.49. The van der Waals surface area contributed by atoms with E-state index in [1.54, 1.807) is 7.11 Å². The molecule has 1 heterocycles. The van der Waals surface area contributed by atoms with Crippen LogP contribution >= 0.6 is 0 Å². The van der Waals surface area contributed by atoms with Crippen molar-refractivity contribution in [2.75, 3.05) is 34.9 Å². The van der Waals surface area contributed by atoms with Crippen molar-refractivity contribution in [3.05, 3.63) is 60.3 Å². The van der Waals surface area contributed by atoms with E-state index in [2.05, 4.69) is 44.0 Å². The lowest BCUT2D eigenvalue weighted by Crippen LogP contribution is -3.00. The molecule has 0 aliphatic rings. The zero-order valence-electron chi connectivity index (χ0n) is 17.5. The Morgan fingerprint density at radius 3 is 2.38 bits per heavy atom.